The van der Waals surface area contributed by atoms with Crippen LogP contribution in [0.1, 0.15) is 12.5 Å². The van der Waals surface area contributed by atoms with Gasteiger partial charge in [0.05, 0.1) is 0 Å². The molecule has 1 amide bonds. The first-order chi connectivity index (χ1) is 7.65. The molecule has 0 radical (unpaired) electrons. The maximum atomic E-state index is 11.4. The van der Waals surface area contributed by atoms with Gasteiger partial charge in [0.2, 0.25) is 5.90 Å². The highest BCUT2D eigenvalue weighted by atomic mass is 16.5. The van der Waals surface area contributed by atoms with Crippen molar-refractivity contribution in [2.45, 2.75) is 12.5 Å². The third kappa shape index (κ3) is 1.77. The molecule has 1 aromatic rings. The van der Waals surface area contributed by atoms with E-state index in [1.165, 1.54) is 0 Å². The monoisotopic (exact) mass is 220 g/mol. The van der Waals surface area contributed by atoms with Gasteiger partial charge in [-0.1, -0.05) is 18.2 Å². The first-order valence-corrected chi connectivity index (χ1v) is 4.88. The summed E-state index contributed by atoms with van der Waals surface area (Å²) in [5, 5.41) is 8.59. The normalized spacial score (nSPS) is 23.5. The van der Waals surface area contributed by atoms with E-state index in [2.05, 4.69) is 4.99 Å². The molecule has 16 heavy (non-hydrogen) atoms. The van der Waals surface area contributed by atoms with E-state index in [1.54, 1.807) is 12.4 Å². The highest BCUT2D eigenvalue weighted by Crippen LogP contribution is 2.21. The highest BCUT2D eigenvalue weighted by molar-refractivity contribution is 5.99. The molecule has 84 valence electrons. The van der Waals surface area contributed by atoms with Gasteiger partial charge in [-0.15, -0.1) is 0 Å². The Morgan fingerprint density at radius 3 is 2.81 bits per heavy atom. The van der Waals surface area contributed by atoms with Crippen molar-refractivity contribution in [2.75, 3.05) is 6.61 Å². The fourth-order valence-electron chi connectivity index (χ4n) is 1.46. The lowest BCUT2D eigenvalue weighted by atomic mass is 10.1. The van der Waals surface area contributed by atoms with E-state index in [0.717, 1.165) is 5.56 Å². The summed E-state index contributed by atoms with van der Waals surface area (Å²) in [5.74, 6) is -0.148. The maximum absolute atomic E-state index is 11.4. The summed E-state index contributed by atoms with van der Waals surface area (Å²) < 4.78 is 5.36. The molecule has 0 saturated carbocycles. The number of nitrogens with one attached hydrogen (secondary N) is 1. The Labute approximate surface area is 92.7 Å². The largest absolute Gasteiger partial charge is 0.474 e. The van der Waals surface area contributed by atoms with Crippen LogP contribution in [-0.2, 0) is 9.53 Å². The SMILES string of the molecule is CC1(C(=O)NO)COC(c2ccccc2)=N1. The molecular formula is C11H12N2O3. The highest BCUT2D eigenvalue weighted by Gasteiger charge is 2.39. The van der Waals surface area contributed by atoms with Crippen molar-refractivity contribution in [3.63, 3.8) is 0 Å². The zero-order valence-electron chi connectivity index (χ0n) is 8.80. The van der Waals surface area contributed by atoms with Gasteiger partial charge in [-0.2, -0.15) is 0 Å². The minimum Gasteiger partial charge on any atom is -0.474 e. The lowest BCUT2D eigenvalue weighted by Crippen LogP contribution is -2.42. The number of amides is 1. The molecule has 1 aliphatic rings. The topological polar surface area (TPSA) is 70.9 Å². The molecule has 5 heteroatoms. The number of hydrogen-bond donors (Lipinski definition) is 2. The van der Waals surface area contributed by atoms with E-state index >= 15 is 0 Å². The van der Waals surface area contributed by atoms with Crippen LogP contribution in [0.4, 0.5) is 0 Å². The van der Waals surface area contributed by atoms with Crippen LogP contribution in [0.5, 0.6) is 0 Å². The zero-order chi connectivity index (χ0) is 11.6. The molecule has 2 N–H and O–H groups in total. The Kier molecular flexibility index (Phi) is 2.62. The molecule has 1 aromatic carbocycles. The van der Waals surface area contributed by atoms with Gasteiger partial charge in [0.1, 0.15) is 6.61 Å². The fourth-order valence-corrected chi connectivity index (χ4v) is 1.46. The molecule has 0 spiro atoms. The molecule has 1 atom stereocenters. The number of nitrogens with zero attached hydrogens (tertiary/aromatic N) is 1. The molecule has 2 rings (SSSR count). The van der Waals surface area contributed by atoms with Crippen molar-refractivity contribution in [3.05, 3.63) is 35.9 Å². The van der Waals surface area contributed by atoms with Crippen LogP contribution < -0.4 is 5.48 Å². The van der Waals surface area contributed by atoms with Crippen molar-refractivity contribution in [1.29, 1.82) is 0 Å². The van der Waals surface area contributed by atoms with Gasteiger partial charge >= 0.3 is 0 Å². The second-order valence-corrected chi connectivity index (χ2v) is 3.79. The average molecular weight is 220 g/mol. The summed E-state index contributed by atoms with van der Waals surface area (Å²) >= 11 is 0. The summed E-state index contributed by atoms with van der Waals surface area (Å²) in [6, 6.07) is 9.31. The second-order valence-electron chi connectivity index (χ2n) is 3.79. The number of ether oxygens (including phenoxy) is 1. The van der Waals surface area contributed by atoms with E-state index in [0.29, 0.717) is 5.90 Å². The molecule has 5 nitrogen and oxygen atoms in total. The number of rotatable bonds is 2. The Morgan fingerprint density at radius 1 is 1.50 bits per heavy atom. The quantitative estimate of drug-likeness (QED) is 0.570. The molecule has 0 fully saturated rings. The van der Waals surface area contributed by atoms with Crippen LogP contribution in [0.3, 0.4) is 0 Å². The molecule has 1 aliphatic heterocycles. The molecule has 0 bridgehead atoms. The summed E-state index contributed by atoms with van der Waals surface area (Å²) in [6.45, 7) is 1.73. The van der Waals surface area contributed by atoms with Gasteiger partial charge in [0.25, 0.3) is 5.91 Å². The van der Waals surface area contributed by atoms with Crippen LogP contribution in [0.15, 0.2) is 35.3 Å². The molecule has 0 aliphatic carbocycles. The van der Waals surface area contributed by atoms with E-state index < -0.39 is 11.4 Å². The van der Waals surface area contributed by atoms with Crippen LogP contribution in [0.2, 0.25) is 0 Å². The van der Waals surface area contributed by atoms with Gasteiger partial charge in [0.15, 0.2) is 5.54 Å². The molecule has 0 saturated heterocycles. The Morgan fingerprint density at radius 2 is 2.19 bits per heavy atom. The van der Waals surface area contributed by atoms with E-state index in [1.807, 2.05) is 30.3 Å². The first kappa shape index (κ1) is 10.6. The maximum Gasteiger partial charge on any atom is 0.274 e. The summed E-state index contributed by atoms with van der Waals surface area (Å²) in [7, 11) is 0. The number of carbonyl (C=O) groups excluding carboxylic acids is 1. The number of hydrogen-bond acceptors (Lipinski definition) is 4. The van der Waals surface area contributed by atoms with Crippen LogP contribution in [0, 0.1) is 0 Å². The lowest BCUT2D eigenvalue weighted by molar-refractivity contribution is -0.134. The Bertz CT molecular complexity index is 430. The predicted octanol–water partition coefficient (Wildman–Crippen LogP) is 0.727. The van der Waals surface area contributed by atoms with Gasteiger partial charge in [-0.25, -0.2) is 10.5 Å². The summed E-state index contributed by atoms with van der Waals surface area (Å²) in [4.78, 5) is 15.5. The van der Waals surface area contributed by atoms with Gasteiger partial charge in [-0.3, -0.25) is 10.0 Å². The van der Waals surface area contributed by atoms with Crippen molar-refractivity contribution in [2.24, 2.45) is 4.99 Å². The Balaban J connectivity index is 2.28. The second kappa shape index (κ2) is 3.94. The third-order valence-corrected chi connectivity index (χ3v) is 2.45. The minimum atomic E-state index is -1.06. The fraction of sp³-hybridized carbons (Fsp3) is 0.273. The molecular weight excluding hydrogens is 208 g/mol. The van der Waals surface area contributed by atoms with E-state index in [9.17, 15) is 4.79 Å². The van der Waals surface area contributed by atoms with E-state index in [-0.39, 0.29) is 6.61 Å². The smallest absolute Gasteiger partial charge is 0.274 e. The predicted molar refractivity (Wildman–Crippen MR) is 57.3 cm³/mol. The molecule has 1 unspecified atom stereocenters. The lowest BCUT2D eigenvalue weighted by Gasteiger charge is -2.14. The third-order valence-electron chi connectivity index (χ3n) is 2.45. The van der Waals surface area contributed by atoms with Crippen LogP contribution in [0.25, 0.3) is 0 Å². The Hall–Kier alpha value is -1.88. The minimum absolute atomic E-state index is 0.129. The molecule has 1 heterocycles. The van der Waals surface area contributed by atoms with Crippen LogP contribution >= 0.6 is 0 Å². The number of aliphatic imine (C=N–C) groups is 1. The summed E-state index contributed by atoms with van der Waals surface area (Å²) in [6.07, 6.45) is 0. The van der Waals surface area contributed by atoms with Gasteiger partial charge in [-0.05, 0) is 19.1 Å². The van der Waals surface area contributed by atoms with Crippen molar-refractivity contribution in [1.82, 2.24) is 5.48 Å². The number of benzene rings is 1. The van der Waals surface area contributed by atoms with Gasteiger partial charge in [0, 0.05) is 5.56 Å². The number of carbonyl (C=O) groups is 1. The number of hydroxylamine groups is 1. The average Bonchev–Trinajstić information content (AvgIpc) is 2.73. The van der Waals surface area contributed by atoms with E-state index in [4.69, 9.17) is 9.94 Å². The van der Waals surface area contributed by atoms with Gasteiger partial charge < -0.3 is 4.74 Å². The zero-order valence-corrected chi connectivity index (χ0v) is 8.80. The van der Waals surface area contributed by atoms with Crippen LogP contribution in [-0.4, -0.2) is 29.2 Å². The first-order valence-electron chi connectivity index (χ1n) is 4.88. The van der Waals surface area contributed by atoms with Crippen molar-refractivity contribution in [3.8, 4) is 0 Å². The standard InChI is InChI=1S/C11H12N2O3/c1-11(10(14)13-15)7-16-9(12-11)8-5-3-2-4-6-8/h2-6,15H,7H2,1H3,(H,13,14). The van der Waals surface area contributed by atoms with Crippen molar-refractivity contribution < 1.29 is 14.7 Å². The van der Waals surface area contributed by atoms with Crippen molar-refractivity contribution >= 4 is 11.8 Å². The summed E-state index contributed by atoms with van der Waals surface area (Å²) in [5.41, 5.74) is 1.35. The molecule has 0 aromatic heterocycles.